The highest BCUT2D eigenvalue weighted by atomic mass is 16.1. The van der Waals surface area contributed by atoms with E-state index in [9.17, 15) is 4.79 Å². The van der Waals surface area contributed by atoms with Crippen LogP contribution in [-0.4, -0.2) is 15.7 Å². The van der Waals surface area contributed by atoms with E-state index in [0.29, 0.717) is 23.8 Å². The van der Waals surface area contributed by atoms with Gasteiger partial charge in [-0.3, -0.25) is 9.48 Å². The van der Waals surface area contributed by atoms with E-state index in [1.807, 2.05) is 24.3 Å². The second-order valence-electron chi connectivity index (χ2n) is 5.14. The number of nitrogen functional groups attached to an aromatic ring is 1. The van der Waals surface area contributed by atoms with Gasteiger partial charge in [-0.15, -0.1) is 0 Å². The number of nitrogens with one attached hydrogen (secondary N) is 1. The summed E-state index contributed by atoms with van der Waals surface area (Å²) in [7, 11) is 1.77. The van der Waals surface area contributed by atoms with E-state index in [4.69, 9.17) is 5.73 Å². The lowest BCUT2D eigenvalue weighted by molar-refractivity contribution is 0.0951. The number of rotatable bonds is 4. The van der Waals surface area contributed by atoms with E-state index in [1.54, 1.807) is 17.9 Å². The van der Waals surface area contributed by atoms with Gasteiger partial charge in [-0.05, 0) is 23.6 Å². The third-order valence-corrected chi connectivity index (χ3v) is 3.34. The molecule has 0 saturated carbocycles. The molecule has 106 valence electrons. The van der Waals surface area contributed by atoms with Crippen molar-refractivity contribution in [2.24, 2.45) is 7.05 Å². The largest absolute Gasteiger partial charge is 0.384 e. The van der Waals surface area contributed by atoms with Gasteiger partial charge >= 0.3 is 0 Å². The maximum absolute atomic E-state index is 12.0. The third kappa shape index (κ3) is 2.99. The monoisotopic (exact) mass is 272 g/mol. The number of benzene rings is 1. The van der Waals surface area contributed by atoms with Gasteiger partial charge in [0, 0.05) is 24.7 Å². The van der Waals surface area contributed by atoms with Crippen molar-refractivity contribution >= 4 is 11.7 Å². The molecule has 1 aromatic heterocycles. The summed E-state index contributed by atoms with van der Waals surface area (Å²) >= 11 is 0. The molecule has 0 atom stereocenters. The molecule has 5 heteroatoms. The first-order valence-corrected chi connectivity index (χ1v) is 6.63. The molecular formula is C15H20N4O. The first kappa shape index (κ1) is 14.1. The minimum Gasteiger partial charge on any atom is -0.384 e. The summed E-state index contributed by atoms with van der Waals surface area (Å²) in [5.41, 5.74) is 8.52. The summed E-state index contributed by atoms with van der Waals surface area (Å²) in [6, 6.07) is 7.66. The van der Waals surface area contributed by atoms with Crippen LogP contribution in [0.15, 0.2) is 30.5 Å². The van der Waals surface area contributed by atoms with Crippen LogP contribution >= 0.6 is 0 Å². The second-order valence-corrected chi connectivity index (χ2v) is 5.14. The number of aromatic nitrogens is 2. The van der Waals surface area contributed by atoms with Gasteiger partial charge in [0.1, 0.15) is 5.82 Å². The van der Waals surface area contributed by atoms with Crippen molar-refractivity contribution in [2.45, 2.75) is 26.3 Å². The molecule has 3 N–H and O–H groups in total. The fourth-order valence-electron chi connectivity index (χ4n) is 1.93. The number of amides is 1. The van der Waals surface area contributed by atoms with Crippen LogP contribution in [0.25, 0.3) is 0 Å². The van der Waals surface area contributed by atoms with Gasteiger partial charge in [0.15, 0.2) is 0 Å². The number of hydrogen-bond donors (Lipinski definition) is 2. The average molecular weight is 272 g/mol. The Morgan fingerprint density at radius 3 is 2.50 bits per heavy atom. The molecule has 1 heterocycles. The molecule has 0 aliphatic rings. The van der Waals surface area contributed by atoms with Crippen LogP contribution < -0.4 is 11.1 Å². The minimum absolute atomic E-state index is 0.108. The molecule has 0 aliphatic heterocycles. The van der Waals surface area contributed by atoms with Crippen molar-refractivity contribution in [3.63, 3.8) is 0 Å². The highest BCUT2D eigenvalue weighted by Gasteiger charge is 2.09. The molecule has 0 aliphatic carbocycles. The van der Waals surface area contributed by atoms with Crippen molar-refractivity contribution < 1.29 is 4.79 Å². The number of nitrogens with two attached hydrogens (primary N) is 1. The van der Waals surface area contributed by atoms with Gasteiger partial charge in [0.25, 0.3) is 5.91 Å². The Labute approximate surface area is 118 Å². The molecule has 0 fully saturated rings. The van der Waals surface area contributed by atoms with Crippen molar-refractivity contribution in [3.05, 3.63) is 47.2 Å². The molecule has 5 nitrogen and oxygen atoms in total. The number of hydrogen-bond acceptors (Lipinski definition) is 3. The van der Waals surface area contributed by atoms with Gasteiger partial charge in [-0.25, -0.2) is 0 Å². The van der Waals surface area contributed by atoms with Gasteiger partial charge in [-0.1, -0.05) is 26.0 Å². The van der Waals surface area contributed by atoms with Gasteiger partial charge in [0.2, 0.25) is 0 Å². The molecule has 2 rings (SSSR count). The number of aryl methyl sites for hydroxylation is 1. The lowest BCUT2D eigenvalue weighted by Gasteiger charge is -2.08. The maximum atomic E-state index is 12.0. The first-order valence-electron chi connectivity index (χ1n) is 6.63. The van der Waals surface area contributed by atoms with E-state index in [-0.39, 0.29) is 5.91 Å². The highest BCUT2D eigenvalue weighted by Crippen LogP contribution is 2.15. The smallest absolute Gasteiger partial charge is 0.251 e. The lowest BCUT2D eigenvalue weighted by Crippen LogP contribution is -2.23. The third-order valence-electron chi connectivity index (χ3n) is 3.34. The Kier molecular flexibility index (Phi) is 4.08. The highest BCUT2D eigenvalue weighted by molar-refractivity contribution is 5.94. The molecule has 0 saturated heterocycles. The van der Waals surface area contributed by atoms with Crippen LogP contribution in [-0.2, 0) is 13.6 Å². The SMILES string of the molecule is CC(C)c1ccc(C(=O)NCc2cnn(C)c2N)cc1. The van der Waals surface area contributed by atoms with Crippen LogP contribution in [0.5, 0.6) is 0 Å². The quantitative estimate of drug-likeness (QED) is 0.894. The predicted octanol–water partition coefficient (Wildman–Crippen LogP) is 2.06. The van der Waals surface area contributed by atoms with Crippen molar-refractivity contribution in [1.29, 1.82) is 0 Å². The van der Waals surface area contributed by atoms with E-state index < -0.39 is 0 Å². The standard InChI is InChI=1S/C15H20N4O/c1-10(2)11-4-6-12(7-5-11)15(20)17-8-13-9-18-19(3)14(13)16/h4-7,9-10H,8,16H2,1-3H3,(H,17,20). The first-order chi connectivity index (χ1) is 9.49. The van der Waals surface area contributed by atoms with Crippen LogP contribution in [0.4, 0.5) is 5.82 Å². The molecule has 0 radical (unpaired) electrons. The Balaban J connectivity index is 2.00. The Morgan fingerprint density at radius 2 is 2.00 bits per heavy atom. The predicted molar refractivity (Wildman–Crippen MR) is 79.3 cm³/mol. The molecule has 1 aromatic carbocycles. The van der Waals surface area contributed by atoms with E-state index in [0.717, 1.165) is 5.56 Å². The normalized spacial score (nSPS) is 10.8. The summed E-state index contributed by atoms with van der Waals surface area (Å²) in [5.74, 6) is 0.923. The van der Waals surface area contributed by atoms with Gasteiger partial charge in [0.05, 0.1) is 6.20 Å². The zero-order chi connectivity index (χ0) is 14.7. The molecular weight excluding hydrogens is 252 g/mol. The van der Waals surface area contributed by atoms with Crippen LogP contribution in [0.3, 0.4) is 0 Å². The van der Waals surface area contributed by atoms with Crippen LogP contribution in [0.2, 0.25) is 0 Å². The number of carbonyl (C=O) groups is 1. The summed E-state index contributed by atoms with van der Waals surface area (Å²) in [5, 5.41) is 6.88. The van der Waals surface area contributed by atoms with Crippen molar-refractivity contribution in [1.82, 2.24) is 15.1 Å². The molecule has 0 bridgehead atoms. The van der Waals surface area contributed by atoms with Crippen LogP contribution in [0.1, 0.15) is 41.3 Å². The van der Waals surface area contributed by atoms with E-state index >= 15 is 0 Å². The summed E-state index contributed by atoms with van der Waals surface area (Å²) in [6.07, 6.45) is 1.66. The zero-order valence-electron chi connectivity index (χ0n) is 12.1. The number of carbonyl (C=O) groups excluding carboxylic acids is 1. The minimum atomic E-state index is -0.108. The molecule has 20 heavy (non-hydrogen) atoms. The lowest BCUT2D eigenvalue weighted by atomic mass is 10.0. The number of anilines is 1. The Morgan fingerprint density at radius 1 is 1.35 bits per heavy atom. The molecule has 0 unspecified atom stereocenters. The zero-order valence-corrected chi connectivity index (χ0v) is 12.1. The van der Waals surface area contributed by atoms with Crippen LogP contribution in [0, 0.1) is 0 Å². The molecule has 2 aromatic rings. The summed E-state index contributed by atoms with van der Waals surface area (Å²) in [4.78, 5) is 12.0. The average Bonchev–Trinajstić information content (AvgIpc) is 2.76. The van der Waals surface area contributed by atoms with E-state index in [1.165, 1.54) is 5.56 Å². The fraction of sp³-hybridized carbons (Fsp3) is 0.333. The van der Waals surface area contributed by atoms with Gasteiger partial charge in [-0.2, -0.15) is 5.10 Å². The second kappa shape index (κ2) is 5.77. The Hall–Kier alpha value is -2.30. The van der Waals surface area contributed by atoms with Crippen molar-refractivity contribution in [2.75, 3.05) is 5.73 Å². The fourth-order valence-corrected chi connectivity index (χ4v) is 1.93. The maximum Gasteiger partial charge on any atom is 0.251 e. The summed E-state index contributed by atoms with van der Waals surface area (Å²) in [6.45, 7) is 4.63. The van der Waals surface area contributed by atoms with Crippen molar-refractivity contribution in [3.8, 4) is 0 Å². The van der Waals surface area contributed by atoms with E-state index in [2.05, 4.69) is 24.3 Å². The molecule has 1 amide bonds. The summed E-state index contributed by atoms with van der Waals surface area (Å²) < 4.78 is 1.58. The Bertz CT molecular complexity index is 599. The number of nitrogens with zero attached hydrogens (tertiary/aromatic N) is 2. The van der Waals surface area contributed by atoms with Gasteiger partial charge < -0.3 is 11.1 Å². The molecule has 0 spiro atoms. The topological polar surface area (TPSA) is 72.9 Å².